The van der Waals surface area contributed by atoms with Gasteiger partial charge in [-0.2, -0.15) is 5.10 Å². The molecule has 0 radical (unpaired) electrons. The van der Waals surface area contributed by atoms with Crippen molar-refractivity contribution in [2.75, 3.05) is 6.79 Å². The molecule has 3 aromatic rings. The van der Waals surface area contributed by atoms with Gasteiger partial charge in [0.2, 0.25) is 6.79 Å². The van der Waals surface area contributed by atoms with Crippen molar-refractivity contribution >= 4 is 0 Å². The van der Waals surface area contributed by atoms with E-state index in [1.54, 1.807) is 0 Å². The first kappa shape index (κ1) is 14.5. The standard InChI is InChI=1S/C20H17FN2O2/c1-12-18(13-2-7-16-17(10-13)25-11-24-16)22-23-19(12)20(8-9-20)14-3-5-15(21)6-4-14/h2-7,10H,8-9,11H2,1H3,(H,22,23). The van der Waals surface area contributed by atoms with Gasteiger partial charge in [-0.25, -0.2) is 4.39 Å². The number of rotatable bonds is 3. The van der Waals surface area contributed by atoms with Gasteiger partial charge in [0.25, 0.3) is 0 Å². The van der Waals surface area contributed by atoms with E-state index in [1.165, 1.54) is 12.1 Å². The summed E-state index contributed by atoms with van der Waals surface area (Å²) in [5.41, 5.74) is 5.23. The van der Waals surface area contributed by atoms with Crippen molar-refractivity contribution in [3.05, 3.63) is 65.1 Å². The van der Waals surface area contributed by atoms with Gasteiger partial charge in [-0.3, -0.25) is 5.10 Å². The van der Waals surface area contributed by atoms with E-state index in [0.717, 1.165) is 52.4 Å². The van der Waals surface area contributed by atoms with Crippen LogP contribution in [0.1, 0.15) is 29.7 Å². The summed E-state index contributed by atoms with van der Waals surface area (Å²) in [6, 6.07) is 12.7. The summed E-state index contributed by atoms with van der Waals surface area (Å²) in [7, 11) is 0. The molecule has 1 aliphatic heterocycles. The Morgan fingerprint density at radius 3 is 2.56 bits per heavy atom. The Morgan fingerprint density at radius 2 is 1.80 bits per heavy atom. The lowest BCUT2D eigenvalue weighted by Gasteiger charge is -2.15. The van der Waals surface area contributed by atoms with Crippen molar-refractivity contribution in [2.45, 2.75) is 25.2 Å². The second-order valence-corrected chi connectivity index (χ2v) is 6.73. The van der Waals surface area contributed by atoms with Crippen LogP contribution in [0.4, 0.5) is 4.39 Å². The maximum absolute atomic E-state index is 13.3. The number of hydrogen-bond acceptors (Lipinski definition) is 3. The van der Waals surface area contributed by atoms with Crippen LogP contribution in [-0.4, -0.2) is 17.0 Å². The van der Waals surface area contributed by atoms with Crippen molar-refractivity contribution in [2.24, 2.45) is 0 Å². The Hall–Kier alpha value is -2.82. The first-order chi connectivity index (χ1) is 12.2. The molecular formula is C20H17FN2O2. The zero-order valence-corrected chi connectivity index (χ0v) is 13.8. The Kier molecular flexibility index (Phi) is 2.95. The number of benzene rings is 2. The molecule has 0 saturated heterocycles. The van der Waals surface area contributed by atoms with Gasteiger partial charge in [-0.05, 0) is 61.2 Å². The van der Waals surface area contributed by atoms with Crippen molar-refractivity contribution in [1.82, 2.24) is 10.2 Å². The number of nitrogens with one attached hydrogen (secondary N) is 1. The highest BCUT2D eigenvalue weighted by atomic mass is 19.1. The number of halogens is 1. The van der Waals surface area contributed by atoms with E-state index in [4.69, 9.17) is 9.47 Å². The van der Waals surface area contributed by atoms with E-state index >= 15 is 0 Å². The van der Waals surface area contributed by atoms with Crippen molar-refractivity contribution in [3.63, 3.8) is 0 Å². The lowest BCUT2D eigenvalue weighted by atomic mass is 9.89. The van der Waals surface area contributed by atoms with Gasteiger partial charge in [-0.15, -0.1) is 0 Å². The molecule has 2 aliphatic rings. The molecule has 2 aromatic carbocycles. The number of fused-ring (bicyclic) bond motifs is 1. The monoisotopic (exact) mass is 336 g/mol. The largest absolute Gasteiger partial charge is 0.454 e. The zero-order valence-electron chi connectivity index (χ0n) is 13.8. The predicted molar refractivity (Wildman–Crippen MR) is 91.3 cm³/mol. The molecule has 25 heavy (non-hydrogen) atoms. The fraction of sp³-hybridized carbons (Fsp3) is 0.250. The highest BCUT2D eigenvalue weighted by molar-refractivity contribution is 5.69. The van der Waals surface area contributed by atoms with Crippen molar-refractivity contribution < 1.29 is 13.9 Å². The van der Waals surface area contributed by atoms with Crippen molar-refractivity contribution in [1.29, 1.82) is 0 Å². The number of nitrogens with zero attached hydrogens (tertiary/aromatic N) is 1. The SMILES string of the molecule is Cc1c(-c2ccc3c(c2)OCO3)n[nH]c1C1(c2ccc(F)cc2)CC1. The molecule has 0 atom stereocenters. The lowest BCUT2D eigenvalue weighted by molar-refractivity contribution is 0.174. The maximum Gasteiger partial charge on any atom is 0.231 e. The van der Waals surface area contributed by atoms with Gasteiger partial charge < -0.3 is 9.47 Å². The second kappa shape index (κ2) is 5.09. The fourth-order valence-electron chi connectivity index (χ4n) is 3.77. The smallest absolute Gasteiger partial charge is 0.231 e. The summed E-state index contributed by atoms with van der Waals surface area (Å²) in [5, 5.41) is 7.81. The first-order valence-electron chi connectivity index (χ1n) is 8.39. The maximum atomic E-state index is 13.3. The average Bonchev–Trinajstić information content (AvgIpc) is 3.11. The number of hydrogen-bond donors (Lipinski definition) is 1. The van der Waals surface area contributed by atoms with Crippen LogP contribution >= 0.6 is 0 Å². The highest BCUT2D eigenvalue weighted by Crippen LogP contribution is 2.54. The molecule has 1 aromatic heterocycles. The summed E-state index contributed by atoms with van der Waals surface area (Å²) in [4.78, 5) is 0. The molecule has 126 valence electrons. The molecule has 2 heterocycles. The van der Waals surface area contributed by atoms with Crippen LogP contribution in [0.25, 0.3) is 11.3 Å². The van der Waals surface area contributed by atoms with Gasteiger partial charge in [0.05, 0.1) is 5.69 Å². The molecule has 1 aliphatic carbocycles. The van der Waals surface area contributed by atoms with E-state index < -0.39 is 0 Å². The zero-order chi connectivity index (χ0) is 17.0. The minimum absolute atomic E-state index is 0.0701. The Balaban J connectivity index is 1.56. The van der Waals surface area contributed by atoms with Crippen LogP contribution in [0.15, 0.2) is 42.5 Å². The van der Waals surface area contributed by atoms with Crippen LogP contribution in [0, 0.1) is 12.7 Å². The molecule has 0 spiro atoms. The summed E-state index contributed by atoms with van der Waals surface area (Å²) in [6.45, 7) is 2.35. The van der Waals surface area contributed by atoms with E-state index in [-0.39, 0.29) is 18.0 Å². The quantitative estimate of drug-likeness (QED) is 0.774. The Bertz CT molecular complexity index is 958. The van der Waals surface area contributed by atoms with E-state index in [1.807, 2.05) is 30.3 Å². The minimum Gasteiger partial charge on any atom is -0.454 e. The third-order valence-electron chi connectivity index (χ3n) is 5.28. The van der Waals surface area contributed by atoms with E-state index in [2.05, 4.69) is 17.1 Å². The molecule has 1 fully saturated rings. The third-order valence-corrected chi connectivity index (χ3v) is 5.28. The fourth-order valence-corrected chi connectivity index (χ4v) is 3.77. The molecule has 0 bridgehead atoms. The van der Waals surface area contributed by atoms with Crippen molar-refractivity contribution in [3.8, 4) is 22.8 Å². The molecule has 0 unspecified atom stereocenters. The predicted octanol–water partition coefficient (Wildman–Crippen LogP) is 4.33. The normalized spacial score (nSPS) is 16.9. The van der Waals surface area contributed by atoms with Crippen LogP contribution in [-0.2, 0) is 5.41 Å². The lowest BCUT2D eigenvalue weighted by Crippen LogP contribution is -2.10. The van der Waals surface area contributed by atoms with Gasteiger partial charge >= 0.3 is 0 Å². The average molecular weight is 336 g/mol. The Morgan fingerprint density at radius 1 is 1.04 bits per heavy atom. The second-order valence-electron chi connectivity index (χ2n) is 6.73. The van der Waals surface area contributed by atoms with Gasteiger partial charge in [0.1, 0.15) is 5.82 Å². The topological polar surface area (TPSA) is 47.1 Å². The van der Waals surface area contributed by atoms with E-state index in [9.17, 15) is 4.39 Å². The van der Waals surface area contributed by atoms with Crippen LogP contribution in [0.5, 0.6) is 11.5 Å². The molecule has 4 nitrogen and oxygen atoms in total. The summed E-state index contributed by atoms with van der Waals surface area (Å²) in [5.74, 6) is 1.31. The third kappa shape index (κ3) is 2.15. The van der Waals surface area contributed by atoms with Gasteiger partial charge in [0, 0.05) is 16.7 Å². The van der Waals surface area contributed by atoms with Crippen LogP contribution in [0.3, 0.4) is 0 Å². The minimum atomic E-state index is -0.207. The number of aromatic amines is 1. The van der Waals surface area contributed by atoms with Crippen LogP contribution in [0.2, 0.25) is 0 Å². The molecule has 5 heteroatoms. The van der Waals surface area contributed by atoms with E-state index in [0.29, 0.717) is 0 Å². The van der Waals surface area contributed by atoms with Gasteiger partial charge in [0.15, 0.2) is 11.5 Å². The molecular weight excluding hydrogens is 319 g/mol. The summed E-state index contributed by atoms with van der Waals surface area (Å²) in [6.07, 6.45) is 2.09. The molecule has 5 rings (SSSR count). The van der Waals surface area contributed by atoms with Gasteiger partial charge in [-0.1, -0.05) is 12.1 Å². The highest BCUT2D eigenvalue weighted by Gasteiger charge is 2.48. The number of H-pyrrole nitrogens is 1. The molecule has 1 saturated carbocycles. The first-order valence-corrected chi connectivity index (χ1v) is 8.39. The summed E-state index contributed by atoms with van der Waals surface area (Å²) < 4.78 is 24.1. The number of aromatic nitrogens is 2. The summed E-state index contributed by atoms with van der Waals surface area (Å²) >= 11 is 0. The molecule has 0 amide bonds. The molecule has 1 N–H and O–H groups in total. The Labute approximate surface area is 144 Å². The van der Waals surface area contributed by atoms with Crippen LogP contribution < -0.4 is 9.47 Å². The number of ether oxygens (including phenoxy) is 2.